The molecule has 2 atom stereocenters. The van der Waals surface area contributed by atoms with E-state index in [1.807, 2.05) is 24.7 Å². The molecule has 6 rings (SSSR count). The molecule has 2 aliphatic rings. The van der Waals surface area contributed by atoms with E-state index < -0.39 is 11.6 Å². The van der Waals surface area contributed by atoms with Crippen molar-refractivity contribution < 1.29 is 13.5 Å². The zero-order valence-corrected chi connectivity index (χ0v) is 19.9. The van der Waals surface area contributed by atoms with Crippen molar-refractivity contribution in [2.24, 2.45) is 0 Å². The molecule has 2 fully saturated rings. The highest BCUT2D eigenvalue weighted by Gasteiger charge is 2.31. The van der Waals surface area contributed by atoms with Gasteiger partial charge in [0, 0.05) is 29.8 Å². The molecular formula is C26H26F2N6O. The molecule has 4 aromatic rings. The van der Waals surface area contributed by atoms with E-state index in [1.165, 1.54) is 31.9 Å². The predicted molar refractivity (Wildman–Crippen MR) is 126 cm³/mol. The summed E-state index contributed by atoms with van der Waals surface area (Å²) in [5.41, 5.74) is 3.80. The van der Waals surface area contributed by atoms with Crippen LogP contribution in [0.15, 0.2) is 24.5 Å². The molecule has 1 aliphatic heterocycles. The van der Waals surface area contributed by atoms with Crippen LogP contribution in [0.4, 0.5) is 8.78 Å². The molecule has 1 aromatic carbocycles. The molecule has 7 nitrogen and oxygen atoms in total. The molecule has 180 valence electrons. The van der Waals surface area contributed by atoms with E-state index in [-0.39, 0.29) is 28.8 Å². The highest BCUT2D eigenvalue weighted by molar-refractivity contribution is 5.87. The van der Waals surface area contributed by atoms with Gasteiger partial charge in [-0.3, -0.25) is 4.68 Å². The fourth-order valence-corrected chi connectivity index (χ4v) is 4.65. The molecule has 0 radical (unpaired) electrons. The minimum atomic E-state index is -0.549. The topological polar surface area (TPSA) is 78.6 Å². The Morgan fingerprint density at radius 3 is 2.54 bits per heavy atom. The summed E-state index contributed by atoms with van der Waals surface area (Å²) in [5.74, 6) is -0.520. The fraction of sp³-hybridized carbons (Fsp3) is 0.423. The van der Waals surface area contributed by atoms with Crippen LogP contribution in [0.25, 0.3) is 22.4 Å². The lowest BCUT2D eigenvalue weighted by molar-refractivity contribution is 0.00396. The number of hydrogen-bond acceptors (Lipinski definition) is 6. The van der Waals surface area contributed by atoms with Crippen molar-refractivity contribution in [3.8, 4) is 11.3 Å². The summed E-state index contributed by atoms with van der Waals surface area (Å²) in [7, 11) is 0. The molecule has 3 aromatic heterocycles. The number of fused-ring (bicyclic) bond motifs is 1. The first kappa shape index (κ1) is 22.2. The fourth-order valence-electron chi connectivity index (χ4n) is 4.65. The molecule has 9 heteroatoms. The molecule has 1 saturated carbocycles. The first-order valence-corrected chi connectivity index (χ1v) is 12.0. The lowest BCUT2D eigenvalue weighted by Crippen LogP contribution is -2.20. The van der Waals surface area contributed by atoms with Gasteiger partial charge in [-0.05, 0) is 64.2 Å². The molecule has 35 heavy (non-hydrogen) atoms. The van der Waals surface area contributed by atoms with Gasteiger partial charge in [0.2, 0.25) is 0 Å². The van der Waals surface area contributed by atoms with Crippen LogP contribution in [-0.2, 0) is 4.74 Å². The van der Waals surface area contributed by atoms with E-state index in [9.17, 15) is 4.39 Å². The van der Waals surface area contributed by atoms with Crippen molar-refractivity contribution in [2.75, 3.05) is 6.61 Å². The SMILES string of the molecule is Cc1cc(F)c(-c2nc([C@H]3CCO[C@H](c4cnn(C5CC5)c4)C3)nc3nc(C)c(C)nc23)cc1F. The van der Waals surface area contributed by atoms with Crippen LogP contribution in [0, 0.1) is 32.4 Å². The summed E-state index contributed by atoms with van der Waals surface area (Å²) in [6, 6.07) is 2.88. The largest absolute Gasteiger partial charge is 0.373 e. The Morgan fingerprint density at radius 2 is 1.74 bits per heavy atom. The third kappa shape index (κ3) is 4.07. The Morgan fingerprint density at radius 1 is 0.943 bits per heavy atom. The second-order valence-electron chi connectivity index (χ2n) is 9.64. The van der Waals surface area contributed by atoms with Crippen molar-refractivity contribution in [1.29, 1.82) is 0 Å². The van der Waals surface area contributed by atoms with Crippen LogP contribution in [-0.4, -0.2) is 36.3 Å². The normalized spacial score (nSPS) is 20.5. The van der Waals surface area contributed by atoms with Crippen molar-refractivity contribution in [1.82, 2.24) is 29.7 Å². The summed E-state index contributed by atoms with van der Waals surface area (Å²) < 4.78 is 37.6. The Labute approximate surface area is 201 Å². The molecule has 0 amide bonds. The van der Waals surface area contributed by atoms with Gasteiger partial charge < -0.3 is 4.74 Å². The number of ether oxygens (including phenoxy) is 1. The molecule has 0 bridgehead atoms. The summed E-state index contributed by atoms with van der Waals surface area (Å²) in [4.78, 5) is 18.7. The minimum absolute atomic E-state index is 0.0251. The van der Waals surface area contributed by atoms with Crippen molar-refractivity contribution in [3.63, 3.8) is 0 Å². The van der Waals surface area contributed by atoms with Crippen LogP contribution < -0.4 is 0 Å². The number of aryl methyl sites for hydroxylation is 3. The molecule has 4 heterocycles. The Hall–Kier alpha value is -3.33. The molecule has 0 unspecified atom stereocenters. The van der Waals surface area contributed by atoms with Crippen LogP contribution in [0.5, 0.6) is 0 Å². The van der Waals surface area contributed by atoms with Gasteiger partial charge in [0.05, 0.1) is 29.7 Å². The molecule has 0 spiro atoms. The highest BCUT2D eigenvalue weighted by atomic mass is 19.1. The van der Waals surface area contributed by atoms with Gasteiger partial charge in [-0.15, -0.1) is 0 Å². The van der Waals surface area contributed by atoms with E-state index >= 15 is 4.39 Å². The van der Waals surface area contributed by atoms with E-state index in [0.717, 1.165) is 17.7 Å². The molecule has 1 aliphatic carbocycles. The van der Waals surface area contributed by atoms with E-state index in [0.29, 0.717) is 41.8 Å². The second kappa shape index (κ2) is 8.41. The van der Waals surface area contributed by atoms with Gasteiger partial charge >= 0.3 is 0 Å². The van der Waals surface area contributed by atoms with E-state index in [4.69, 9.17) is 14.7 Å². The van der Waals surface area contributed by atoms with Crippen LogP contribution in [0.1, 0.15) is 72.1 Å². The quantitative estimate of drug-likeness (QED) is 0.389. The number of hydrogen-bond donors (Lipinski definition) is 0. The smallest absolute Gasteiger partial charge is 0.182 e. The van der Waals surface area contributed by atoms with E-state index in [2.05, 4.69) is 21.3 Å². The third-order valence-electron chi connectivity index (χ3n) is 7.03. The summed E-state index contributed by atoms with van der Waals surface area (Å²) >= 11 is 0. The van der Waals surface area contributed by atoms with Crippen molar-refractivity contribution >= 4 is 11.2 Å². The molecule has 0 N–H and O–H groups in total. The van der Waals surface area contributed by atoms with Gasteiger partial charge in [-0.1, -0.05) is 0 Å². The number of nitrogens with zero attached hydrogens (tertiary/aromatic N) is 6. The first-order chi connectivity index (χ1) is 16.9. The lowest BCUT2D eigenvalue weighted by Gasteiger charge is -2.28. The summed E-state index contributed by atoms with van der Waals surface area (Å²) in [6.07, 6.45) is 7.55. The minimum Gasteiger partial charge on any atom is -0.373 e. The number of aromatic nitrogens is 6. The van der Waals surface area contributed by atoms with Crippen LogP contribution in [0.2, 0.25) is 0 Å². The average Bonchev–Trinajstić information content (AvgIpc) is 3.58. The van der Waals surface area contributed by atoms with E-state index in [1.54, 1.807) is 0 Å². The zero-order chi connectivity index (χ0) is 24.3. The highest BCUT2D eigenvalue weighted by Crippen LogP contribution is 2.40. The molecule has 1 saturated heterocycles. The zero-order valence-electron chi connectivity index (χ0n) is 19.9. The van der Waals surface area contributed by atoms with Gasteiger partial charge in [0.25, 0.3) is 0 Å². The van der Waals surface area contributed by atoms with Gasteiger partial charge in [0.1, 0.15) is 28.7 Å². The summed E-state index contributed by atoms with van der Waals surface area (Å²) in [6.45, 7) is 5.77. The maximum absolute atomic E-state index is 15.0. The third-order valence-corrected chi connectivity index (χ3v) is 7.03. The maximum Gasteiger partial charge on any atom is 0.182 e. The Bertz CT molecular complexity index is 1450. The Balaban J connectivity index is 1.43. The van der Waals surface area contributed by atoms with Gasteiger partial charge in [-0.25, -0.2) is 28.7 Å². The number of rotatable bonds is 4. The lowest BCUT2D eigenvalue weighted by atomic mass is 9.92. The van der Waals surface area contributed by atoms with Crippen LogP contribution >= 0.6 is 0 Å². The molecular weight excluding hydrogens is 450 g/mol. The second-order valence-corrected chi connectivity index (χ2v) is 9.64. The maximum atomic E-state index is 15.0. The van der Waals surface area contributed by atoms with Crippen molar-refractivity contribution in [2.45, 2.75) is 64.5 Å². The Kier molecular flexibility index (Phi) is 5.32. The van der Waals surface area contributed by atoms with Crippen molar-refractivity contribution in [3.05, 3.63) is 64.5 Å². The van der Waals surface area contributed by atoms with Gasteiger partial charge in [0.15, 0.2) is 5.65 Å². The summed E-state index contributed by atoms with van der Waals surface area (Å²) in [5, 5.41) is 4.50. The van der Waals surface area contributed by atoms with Crippen LogP contribution in [0.3, 0.4) is 0 Å². The number of benzene rings is 1. The monoisotopic (exact) mass is 476 g/mol. The predicted octanol–water partition coefficient (Wildman–Crippen LogP) is 5.46. The van der Waals surface area contributed by atoms with Gasteiger partial charge in [-0.2, -0.15) is 5.10 Å². The average molecular weight is 477 g/mol. The first-order valence-electron chi connectivity index (χ1n) is 12.0. The standard InChI is InChI=1S/C26H26F2N6O/c1-13-8-21(28)19(10-20(13)27)23-24-26(31-15(3)14(2)30-24)33-25(32-23)16-6-7-35-22(9-16)17-11-29-34(12-17)18-4-5-18/h8,10-12,16,18,22H,4-7,9H2,1-3H3/t16-,22-/m0/s1. The number of halogens is 2.